The smallest absolute Gasteiger partial charge is 0.360 e. The second-order valence-electron chi connectivity index (χ2n) is 3.77. The van der Waals surface area contributed by atoms with Crippen LogP contribution < -0.4 is 5.73 Å². The van der Waals surface area contributed by atoms with Crippen LogP contribution in [-0.2, 0) is 21.1 Å². The van der Waals surface area contributed by atoms with E-state index in [0.29, 0.717) is 5.82 Å². The highest BCUT2D eigenvalue weighted by Gasteiger charge is 2.20. The number of carbonyl (C=O) groups excluding carboxylic acids is 1. The lowest BCUT2D eigenvalue weighted by Crippen LogP contribution is -2.17. The fraction of sp³-hybridized carbons (Fsp3) is 0.600. The van der Waals surface area contributed by atoms with E-state index in [1.165, 1.54) is 11.7 Å². The fourth-order valence-electron chi connectivity index (χ4n) is 1.49. The van der Waals surface area contributed by atoms with Crippen LogP contribution in [0, 0.1) is 6.92 Å². The van der Waals surface area contributed by atoms with Gasteiger partial charge in [0, 0.05) is 12.3 Å². The van der Waals surface area contributed by atoms with Gasteiger partial charge in [0.25, 0.3) is 0 Å². The number of aromatic nitrogens is 2. The van der Waals surface area contributed by atoms with E-state index in [2.05, 4.69) is 9.72 Å². The first-order chi connectivity index (χ1) is 8.32. The zero-order valence-electron chi connectivity index (χ0n) is 10.6. The zero-order chi connectivity index (χ0) is 13.9. The Bertz CT molecular complexity index is 548. The molecule has 0 saturated heterocycles. The number of methoxy groups -OCH3 is 1. The molecule has 18 heavy (non-hydrogen) atoms. The molecule has 1 rings (SSSR count). The van der Waals surface area contributed by atoms with Crippen LogP contribution in [0.5, 0.6) is 0 Å². The minimum absolute atomic E-state index is 0.0175. The van der Waals surface area contributed by atoms with Crippen molar-refractivity contribution in [3.05, 3.63) is 11.5 Å². The maximum atomic E-state index is 11.4. The molecular weight excluding hydrogens is 258 g/mol. The molecule has 0 amide bonds. The van der Waals surface area contributed by atoms with Crippen LogP contribution in [0.25, 0.3) is 0 Å². The molecule has 1 aromatic heterocycles. The first-order valence-corrected chi connectivity index (χ1v) is 7.25. The van der Waals surface area contributed by atoms with Crippen molar-refractivity contribution in [2.24, 2.45) is 0 Å². The van der Waals surface area contributed by atoms with Gasteiger partial charge in [0.15, 0.2) is 15.5 Å². The Morgan fingerprint density at radius 3 is 2.61 bits per heavy atom. The number of sulfone groups is 1. The molecule has 0 spiro atoms. The number of rotatable bonds is 5. The van der Waals surface area contributed by atoms with Crippen LogP contribution in [0.15, 0.2) is 0 Å². The molecule has 0 saturated carbocycles. The van der Waals surface area contributed by atoms with Crippen LogP contribution in [-0.4, -0.2) is 42.6 Å². The lowest BCUT2D eigenvalue weighted by Gasteiger charge is -2.07. The summed E-state index contributed by atoms with van der Waals surface area (Å²) in [6.45, 7) is 3.42. The quantitative estimate of drug-likeness (QED) is 0.758. The summed E-state index contributed by atoms with van der Waals surface area (Å²) in [7, 11) is -1.85. The average Bonchev–Trinajstić information content (AvgIpc) is 2.62. The number of carbonyl (C=O) groups is 1. The van der Waals surface area contributed by atoms with Crippen LogP contribution in [0.4, 0.5) is 5.82 Å². The molecule has 0 fully saturated rings. The molecule has 0 unspecified atom stereocenters. The number of nitrogens with two attached hydrogens (primary N) is 1. The summed E-state index contributed by atoms with van der Waals surface area (Å²) in [5.74, 6) is 0.0216. The summed E-state index contributed by atoms with van der Waals surface area (Å²) in [6, 6.07) is 0. The summed E-state index contributed by atoms with van der Waals surface area (Å²) in [5.41, 5.74) is 5.77. The van der Waals surface area contributed by atoms with Crippen molar-refractivity contribution < 1.29 is 17.9 Å². The van der Waals surface area contributed by atoms with Gasteiger partial charge in [-0.25, -0.2) is 18.2 Å². The van der Waals surface area contributed by atoms with Crippen molar-refractivity contribution in [3.8, 4) is 0 Å². The molecule has 0 bridgehead atoms. The number of nitrogens with zero attached hydrogens (tertiary/aromatic N) is 2. The molecule has 0 aromatic carbocycles. The van der Waals surface area contributed by atoms with Gasteiger partial charge in [0.1, 0.15) is 11.6 Å². The van der Waals surface area contributed by atoms with Gasteiger partial charge in [-0.15, -0.1) is 0 Å². The molecule has 2 N–H and O–H groups in total. The number of hydrogen-bond acceptors (Lipinski definition) is 6. The van der Waals surface area contributed by atoms with Crippen LogP contribution in [0.1, 0.15) is 23.2 Å². The molecule has 8 heteroatoms. The van der Waals surface area contributed by atoms with Crippen LogP contribution in [0.3, 0.4) is 0 Å². The molecule has 0 aliphatic carbocycles. The van der Waals surface area contributed by atoms with Gasteiger partial charge < -0.3 is 15.0 Å². The summed E-state index contributed by atoms with van der Waals surface area (Å²) < 4.78 is 28.9. The molecule has 0 radical (unpaired) electrons. The lowest BCUT2D eigenvalue weighted by molar-refractivity contribution is 0.0595. The topological polar surface area (TPSA) is 104 Å². The zero-order valence-corrected chi connectivity index (χ0v) is 11.5. The van der Waals surface area contributed by atoms with E-state index < -0.39 is 15.8 Å². The van der Waals surface area contributed by atoms with Crippen molar-refractivity contribution in [2.75, 3.05) is 24.3 Å². The number of aryl methyl sites for hydroxylation is 1. The first-order valence-electron chi connectivity index (χ1n) is 5.43. The van der Waals surface area contributed by atoms with Gasteiger partial charge in [-0.1, -0.05) is 6.92 Å². The molecule has 1 heterocycles. The molecule has 0 aliphatic rings. The molecule has 0 aliphatic heterocycles. The van der Waals surface area contributed by atoms with E-state index in [0.717, 1.165) is 0 Å². The number of ether oxygens (including phenoxy) is 1. The largest absolute Gasteiger partial charge is 0.464 e. The van der Waals surface area contributed by atoms with Gasteiger partial charge in [-0.05, 0) is 6.92 Å². The number of hydrogen-bond donors (Lipinski definition) is 1. The Kier molecular flexibility index (Phi) is 4.33. The Morgan fingerprint density at radius 2 is 2.11 bits per heavy atom. The van der Waals surface area contributed by atoms with Crippen LogP contribution in [0.2, 0.25) is 0 Å². The predicted octanol–water partition coefficient (Wildman–Crippen LogP) is -0.00498. The molecule has 7 nitrogen and oxygen atoms in total. The van der Waals surface area contributed by atoms with Gasteiger partial charge in [0.2, 0.25) is 0 Å². The standard InChI is InChI=1S/C10H17N3O4S/c1-4-18(15,16)6-5-13-7(2)12-8(9(13)11)10(14)17-3/h4-6,11H2,1-3H3. The van der Waals surface area contributed by atoms with E-state index in [4.69, 9.17) is 5.73 Å². The maximum Gasteiger partial charge on any atom is 0.360 e. The lowest BCUT2D eigenvalue weighted by atomic mass is 10.4. The predicted molar refractivity (Wildman–Crippen MR) is 67.0 cm³/mol. The van der Waals surface area contributed by atoms with Crippen molar-refractivity contribution >= 4 is 21.6 Å². The number of anilines is 1. The minimum atomic E-state index is -3.09. The Morgan fingerprint density at radius 1 is 1.50 bits per heavy atom. The summed E-state index contributed by atoms with van der Waals surface area (Å²) in [4.78, 5) is 15.3. The fourth-order valence-corrected chi connectivity index (χ4v) is 2.23. The molecule has 0 atom stereocenters. The summed E-state index contributed by atoms with van der Waals surface area (Å²) >= 11 is 0. The van der Waals surface area contributed by atoms with E-state index in [1.54, 1.807) is 13.8 Å². The molecule has 102 valence electrons. The van der Waals surface area contributed by atoms with Gasteiger partial charge in [-0.2, -0.15) is 0 Å². The van der Waals surface area contributed by atoms with Gasteiger partial charge in [-0.3, -0.25) is 0 Å². The molecular formula is C10H17N3O4S. The van der Waals surface area contributed by atoms with Crippen molar-refractivity contribution in [1.82, 2.24) is 9.55 Å². The van der Waals surface area contributed by atoms with Crippen LogP contribution >= 0.6 is 0 Å². The van der Waals surface area contributed by atoms with Crippen molar-refractivity contribution in [2.45, 2.75) is 20.4 Å². The van der Waals surface area contributed by atoms with E-state index in [1.807, 2.05) is 0 Å². The monoisotopic (exact) mass is 275 g/mol. The van der Waals surface area contributed by atoms with E-state index >= 15 is 0 Å². The number of nitrogen functional groups attached to an aromatic ring is 1. The summed E-state index contributed by atoms with van der Waals surface area (Å²) in [5, 5.41) is 0. The van der Waals surface area contributed by atoms with Gasteiger partial charge >= 0.3 is 5.97 Å². The summed E-state index contributed by atoms with van der Waals surface area (Å²) in [6.07, 6.45) is 0. The van der Waals surface area contributed by atoms with Crippen molar-refractivity contribution in [1.29, 1.82) is 0 Å². The maximum absolute atomic E-state index is 11.4. The Balaban J connectivity index is 2.98. The van der Waals surface area contributed by atoms with Crippen molar-refractivity contribution in [3.63, 3.8) is 0 Å². The third-order valence-corrected chi connectivity index (χ3v) is 4.33. The highest BCUT2D eigenvalue weighted by atomic mass is 32.2. The van der Waals surface area contributed by atoms with E-state index in [9.17, 15) is 13.2 Å². The second kappa shape index (κ2) is 5.38. The third kappa shape index (κ3) is 3.00. The minimum Gasteiger partial charge on any atom is -0.464 e. The normalized spacial score (nSPS) is 11.5. The highest BCUT2D eigenvalue weighted by Crippen LogP contribution is 2.15. The Labute approximate surface area is 106 Å². The Hall–Kier alpha value is -1.57. The number of esters is 1. The first kappa shape index (κ1) is 14.5. The van der Waals surface area contributed by atoms with E-state index in [-0.39, 0.29) is 29.6 Å². The van der Waals surface area contributed by atoms with Gasteiger partial charge in [0.05, 0.1) is 12.9 Å². The number of imidazole rings is 1. The second-order valence-corrected chi connectivity index (χ2v) is 6.25. The third-order valence-electron chi connectivity index (χ3n) is 2.64. The molecule has 1 aromatic rings. The average molecular weight is 275 g/mol. The SMILES string of the molecule is CCS(=O)(=O)CCn1c(C)nc(C(=O)OC)c1N. The highest BCUT2D eigenvalue weighted by molar-refractivity contribution is 7.91.